The summed E-state index contributed by atoms with van der Waals surface area (Å²) >= 11 is 0. The zero-order valence-electron chi connectivity index (χ0n) is 12.8. The van der Waals surface area contributed by atoms with E-state index in [0.717, 1.165) is 12.3 Å². The minimum absolute atomic E-state index is 0.670. The van der Waals surface area contributed by atoms with Gasteiger partial charge in [0.05, 0.1) is 0 Å². The van der Waals surface area contributed by atoms with Gasteiger partial charge in [0.25, 0.3) is 0 Å². The molecule has 2 atom stereocenters. The highest BCUT2D eigenvalue weighted by atomic mass is 14.2. The van der Waals surface area contributed by atoms with E-state index in [9.17, 15) is 0 Å². The molecule has 106 valence electrons. The van der Waals surface area contributed by atoms with E-state index in [0.29, 0.717) is 5.92 Å². The summed E-state index contributed by atoms with van der Waals surface area (Å²) in [4.78, 5) is 0. The molecule has 0 saturated heterocycles. The summed E-state index contributed by atoms with van der Waals surface area (Å²) in [6, 6.07) is 0. The fourth-order valence-electron chi connectivity index (χ4n) is 2.75. The van der Waals surface area contributed by atoms with Crippen molar-refractivity contribution in [2.75, 3.05) is 0 Å². The van der Waals surface area contributed by atoms with Gasteiger partial charge in [-0.2, -0.15) is 0 Å². The summed E-state index contributed by atoms with van der Waals surface area (Å²) < 4.78 is 0. The van der Waals surface area contributed by atoms with Gasteiger partial charge in [-0.15, -0.1) is 6.58 Å². The predicted octanol–water partition coefficient (Wildman–Crippen LogP) is 6.23. The third-order valence-electron chi connectivity index (χ3n) is 4.25. The van der Waals surface area contributed by atoms with Crippen molar-refractivity contribution in [1.29, 1.82) is 0 Å². The third-order valence-corrected chi connectivity index (χ3v) is 4.25. The topological polar surface area (TPSA) is 0 Å². The standard InChI is InChI=1S/C19H30/c1-4-17(3)19(5-2)16-12-8-11-15-18-13-9-6-7-10-14-18/h4,6-7,9,13-14,17,19H,1,5,8,10-12,15-16H2,2-3H3/t17-,19?/m1/s1. The van der Waals surface area contributed by atoms with Gasteiger partial charge in [0, 0.05) is 0 Å². The molecular formula is C19H30. The minimum Gasteiger partial charge on any atom is -0.103 e. The molecular weight excluding hydrogens is 228 g/mol. The van der Waals surface area contributed by atoms with Gasteiger partial charge in [-0.1, -0.05) is 75.1 Å². The van der Waals surface area contributed by atoms with Crippen LogP contribution in [0, 0.1) is 11.8 Å². The Labute approximate surface area is 120 Å². The van der Waals surface area contributed by atoms with E-state index in [-0.39, 0.29) is 0 Å². The largest absolute Gasteiger partial charge is 0.103 e. The highest BCUT2D eigenvalue weighted by Crippen LogP contribution is 2.23. The molecule has 0 aromatic carbocycles. The number of rotatable bonds is 9. The van der Waals surface area contributed by atoms with E-state index in [1.807, 2.05) is 0 Å². The molecule has 0 N–H and O–H groups in total. The van der Waals surface area contributed by atoms with E-state index in [1.165, 1.54) is 44.1 Å². The van der Waals surface area contributed by atoms with Crippen molar-refractivity contribution in [2.45, 2.75) is 58.8 Å². The Bertz CT molecular complexity index is 330. The molecule has 0 bridgehead atoms. The van der Waals surface area contributed by atoms with Crippen LogP contribution in [0.25, 0.3) is 0 Å². The first kappa shape index (κ1) is 16.0. The van der Waals surface area contributed by atoms with Gasteiger partial charge in [-0.05, 0) is 37.5 Å². The van der Waals surface area contributed by atoms with Crippen molar-refractivity contribution < 1.29 is 0 Å². The van der Waals surface area contributed by atoms with Gasteiger partial charge in [0.1, 0.15) is 0 Å². The molecule has 19 heavy (non-hydrogen) atoms. The molecule has 0 spiro atoms. The van der Waals surface area contributed by atoms with E-state index in [2.05, 4.69) is 56.9 Å². The van der Waals surface area contributed by atoms with E-state index in [4.69, 9.17) is 0 Å². The van der Waals surface area contributed by atoms with Crippen LogP contribution in [-0.4, -0.2) is 0 Å². The Balaban J connectivity index is 2.13. The third kappa shape index (κ3) is 6.61. The molecule has 0 fully saturated rings. The average molecular weight is 258 g/mol. The first-order valence-electron chi connectivity index (χ1n) is 7.92. The van der Waals surface area contributed by atoms with Gasteiger partial charge in [-0.25, -0.2) is 0 Å². The lowest BCUT2D eigenvalue weighted by Gasteiger charge is -2.19. The van der Waals surface area contributed by atoms with Gasteiger partial charge >= 0.3 is 0 Å². The maximum absolute atomic E-state index is 3.92. The van der Waals surface area contributed by atoms with Crippen LogP contribution < -0.4 is 0 Å². The summed E-state index contributed by atoms with van der Waals surface area (Å²) in [6.45, 7) is 8.53. The Morgan fingerprint density at radius 3 is 2.84 bits per heavy atom. The molecule has 0 amide bonds. The second-order valence-electron chi connectivity index (χ2n) is 5.66. The minimum atomic E-state index is 0.670. The highest BCUT2D eigenvalue weighted by Gasteiger charge is 2.11. The normalized spacial score (nSPS) is 17.7. The molecule has 0 saturated carbocycles. The quantitative estimate of drug-likeness (QED) is 0.340. The first-order valence-corrected chi connectivity index (χ1v) is 7.92. The zero-order chi connectivity index (χ0) is 13.9. The highest BCUT2D eigenvalue weighted by molar-refractivity contribution is 5.26. The van der Waals surface area contributed by atoms with Crippen LogP contribution in [0.5, 0.6) is 0 Å². The smallest absolute Gasteiger partial charge is 0.0160 e. The second kappa shape index (κ2) is 9.83. The van der Waals surface area contributed by atoms with Crippen LogP contribution in [0.3, 0.4) is 0 Å². The van der Waals surface area contributed by atoms with Crippen LogP contribution in [0.2, 0.25) is 0 Å². The molecule has 0 heterocycles. The fourth-order valence-corrected chi connectivity index (χ4v) is 2.75. The number of allylic oxidation sites excluding steroid dienone is 7. The fraction of sp³-hybridized carbons (Fsp3) is 0.579. The van der Waals surface area contributed by atoms with Gasteiger partial charge < -0.3 is 0 Å². The summed E-state index contributed by atoms with van der Waals surface area (Å²) in [5.74, 6) is 1.50. The predicted molar refractivity (Wildman–Crippen MR) is 87.2 cm³/mol. The number of hydrogen-bond donors (Lipinski definition) is 0. The van der Waals surface area contributed by atoms with E-state index in [1.54, 1.807) is 0 Å². The average Bonchev–Trinajstić information content (AvgIpc) is 2.70. The van der Waals surface area contributed by atoms with Crippen molar-refractivity contribution >= 4 is 0 Å². The molecule has 0 aromatic heterocycles. The second-order valence-corrected chi connectivity index (χ2v) is 5.66. The monoisotopic (exact) mass is 258 g/mol. The van der Waals surface area contributed by atoms with Crippen LogP contribution in [0.15, 0.2) is 48.6 Å². The molecule has 1 rings (SSSR count). The van der Waals surface area contributed by atoms with Crippen molar-refractivity contribution in [3.05, 3.63) is 48.6 Å². The molecule has 1 aliphatic rings. The Hall–Kier alpha value is -1.04. The maximum atomic E-state index is 3.92. The van der Waals surface area contributed by atoms with Crippen molar-refractivity contribution in [3.63, 3.8) is 0 Å². The van der Waals surface area contributed by atoms with Crippen molar-refractivity contribution in [3.8, 4) is 0 Å². The Kier molecular flexibility index (Phi) is 8.29. The molecule has 0 aromatic rings. The summed E-state index contributed by atoms with van der Waals surface area (Å²) in [5.41, 5.74) is 1.51. The van der Waals surface area contributed by atoms with Gasteiger partial charge in [0.15, 0.2) is 0 Å². The number of hydrogen-bond acceptors (Lipinski definition) is 0. The lowest BCUT2D eigenvalue weighted by atomic mass is 9.87. The van der Waals surface area contributed by atoms with E-state index >= 15 is 0 Å². The van der Waals surface area contributed by atoms with Crippen LogP contribution >= 0.6 is 0 Å². The molecule has 0 aliphatic heterocycles. The van der Waals surface area contributed by atoms with Crippen molar-refractivity contribution in [2.24, 2.45) is 11.8 Å². The van der Waals surface area contributed by atoms with Gasteiger partial charge in [-0.3, -0.25) is 0 Å². The summed E-state index contributed by atoms with van der Waals surface area (Å²) in [7, 11) is 0. The van der Waals surface area contributed by atoms with Gasteiger partial charge in [0.2, 0.25) is 0 Å². The first-order chi connectivity index (χ1) is 9.27. The van der Waals surface area contributed by atoms with Crippen LogP contribution in [0.1, 0.15) is 58.8 Å². The SMILES string of the molecule is C=C[C@@H](C)C(CC)CCCCCC1=CCC=CC=C1. The summed E-state index contributed by atoms with van der Waals surface area (Å²) in [5, 5.41) is 0. The number of unbranched alkanes of at least 4 members (excludes halogenated alkanes) is 2. The lowest BCUT2D eigenvalue weighted by molar-refractivity contribution is 0.364. The molecule has 0 heteroatoms. The molecule has 0 nitrogen and oxygen atoms in total. The summed E-state index contributed by atoms with van der Waals surface area (Å²) in [6.07, 6.45) is 22.3. The molecule has 1 unspecified atom stereocenters. The Morgan fingerprint density at radius 2 is 2.11 bits per heavy atom. The maximum Gasteiger partial charge on any atom is -0.0160 e. The van der Waals surface area contributed by atoms with Crippen LogP contribution in [-0.2, 0) is 0 Å². The lowest BCUT2D eigenvalue weighted by Crippen LogP contribution is -2.08. The Morgan fingerprint density at radius 1 is 1.26 bits per heavy atom. The molecule has 1 aliphatic carbocycles. The zero-order valence-corrected chi connectivity index (χ0v) is 12.8. The van der Waals surface area contributed by atoms with Crippen LogP contribution in [0.4, 0.5) is 0 Å². The van der Waals surface area contributed by atoms with E-state index < -0.39 is 0 Å². The molecule has 0 radical (unpaired) electrons. The van der Waals surface area contributed by atoms with Crippen molar-refractivity contribution in [1.82, 2.24) is 0 Å².